The van der Waals surface area contributed by atoms with Crippen molar-refractivity contribution in [1.29, 1.82) is 0 Å². The molecule has 0 aliphatic carbocycles. The molecule has 2 aromatic rings. The molecule has 0 fully saturated rings. The Morgan fingerprint density at radius 2 is 2.05 bits per heavy atom. The summed E-state index contributed by atoms with van der Waals surface area (Å²) in [6.07, 6.45) is 1.08. The van der Waals surface area contributed by atoms with Gasteiger partial charge in [-0.15, -0.1) is 0 Å². The molecule has 0 bridgehead atoms. The van der Waals surface area contributed by atoms with Gasteiger partial charge in [0.25, 0.3) is 5.69 Å². The van der Waals surface area contributed by atoms with Crippen LogP contribution in [-0.4, -0.2) is 11.5 Å². The highest BCUT2D eigenvalue weighted by molar-refractivity contribution is 5.61. The minimum Gasteiger partial charge on any atom is -0.384 e. The first-order valence-corrected chi connectivity index (χ1v) is 7.03. The second-order valence-electron chi connectivity index (χ2n) is 5.16. The molecule has 1 aliphatic heterocycles. The van der Waals surface area contributed by atoms with Crippen molar-refractivity contribution in [3.63, 3.8) is 0 Å². The highest BCUT2D eigenvalue weighted by Crippen LogP contribution is 2.26. The van der Waals surface area contributed by atoms with Crippen LogP contribution in [0.1, 0.15) is 16.7 Å². The van der Waals surface area contributed by atoms with Crippen molar-refractivity contribution < 1.29 is 4.92 Å². The molecule has 21 heavy (non-hydrogen) atoms. The van der Waals surface area contributed by atoms with Crippen LogP contribution in [0.25, 0.3) is 0 Å². The maximum Gasteiger partial charge on any atom is 0.269 e. The Morgan fingerprint density at radius 1 is 1.19 bits per heavy atom. The van der Waals surface area contributed by atoms with Crippen LogP contribution >= 0.6 is 0 Å². The van der Waals surface area contributed by atoms with Crippen molar-refractivity contribution in [2.24, 2.45) is 0 Å². The van der Waals surface area contributed by atoms with Crippen molar-refractivity contribution >= 4 is 11.4 Å². The topological polar surface area (TPSA) is 67.2 Å². The van der Waals surface area contributed by atoms with Gasteiger partial charge in [-0.3, -0.25) is 10.1 Å². The predicted octanol–water partition coefficient (Wildman–Crippen LogP) is 2.85. The second-order valence-corrected chi connectivity index (χ2v) is 5.16. The van der Waals surface area contributed by atoms with E-state index in [0.717, 1.165) is 25.1 Å². The Bertz CT molecular complexity index is 670. The summed E-state index contributed by atoms with van der Waals surface area (Å²) in [7, 11) is 0. The molecule has 1 heterocycles. The van der Waals surface area contributed by atoms with E-state index in [4.69, 9.17) is 0 Å². The minimum atomic E-state index is -0.364. The summed E-state index contributed by atoms with van der Waals surface area (Å²) in [6.45, 7) is 2.36. The van der Waals surface area contributed by atoms with Crippen molar-refractivity contribution in [2.75, 3.05) is 11.9 Å². The van der Waals surface area contributed by atoms with Crippen LogP contribution < -0.4 is 10.6 Å². The molecule has 2 aromatic carbocycles. The maximum absolute atomic E-state index is 10.8. The average Bonchev–Trinajstić information content (AvgIpc) is 2.97. The molecule has 0 unspecified atom stereocenters. The number of para-hydroxylation sites is 1. The van der Waals surface area contributed by atoms with Gasteiger partial charge >= 0.3 is 0 Å². The molecular formula is C16H17N3O2. The van der Waals surface area contributed by atoms with Crippen LogP contribution in [0.3, 0.4) is 0 Å². The Labute approximate surface area is 123 Å². The molecule has 0 spiro atoms. The van der Waals surface area contributed by atoms with Crippen LogP contribution in [0.15, 0.2) is 42.5 Å². The molecule has 1 aliphatic rings. The fourth-order valence-electron chi connectivity index (χ4n) is 2.68. The van der Waals surface area contributed by atoms with E-state index < -0.39 is 0 Å². The summed E-state index contributed by atoms with van der Waals surface area (Å²) in [6, 6.07) is 13.1. The van der Waals surface area contributed by atoms with Crippen LogP contribution in [0, 0.1) is 10.1 Å². The van der Waals surface area contributed by atoms with Gasteiger partial charge in [0, 0.05) is 37.5 Å². The van der Waals surface area contributed by atoms with Crippen LogP contribution in [-0.2, 0) is 19.5 Å². The van der Waals surface area contributed by atoms with Gasteiger partial charge in [0.05, 0.1) is 4.92 Å². The van der Waals surface area contributed by atoms with E-state index in [1.807, 2.05) is 6.07 Å². The molecule has 2 N–H and O–H groups in total. The van der Waals surface area contributed by atoms with Crippen molar-refractivity contribution in [2.45, 2.75) is 19.5 Å². The number of nitro groups is 1. The number of hydrogen-bond donors (Lipinski definition) is 2. The van der Waals surface area contributed by atoms with Gasteiger partial charge in [-0.25, -0.2) is 0 Å². The fraction of sp³-hybridized carbons (Fsp3) is 0.250. The molecular weight excluding hydrogens is 266 g/mol. The van der Waals surface area contributed by atoms with E-state index in [1.54, 1.807) is 12.1 Å². The highest BCUT2D eigenvalue weighted by Gasteiger charge is 2.13. The second kappa shape index (κ2) is 5.93. The molecule has 0 aromatic heterocycles. The minimum absolute atomic E-state index is 0.136. The number of nitrogens with one attached hydrogen (secondary N) is 2. The molecule has 3 rings (SSSR count). The van der Waals surface area contributed by atoms with Crippen LogP contribution in [0.4, 0.5) is 11.4 Å². The lowest BCUT2D eigenvalue weighted by Crippen LogP contribution is -2.13. The molecule has 5 heteroatoms. The first-order valence-electron chi connectivity index (χ1n) is 7.03. The third kappa shape index (κ3) is 3.03. The molecule has 5 nitrogen and oxygen atoms in total. The Balaban J connectivity index is 1.63. The van der Waals surface area contributed by atoms with Gasteiger partial charge < -0.3 is 10.6 Å². The third-order valence-corrected chi connectivity index (χ3v) is 3.70. The Hall–Kier alpha value is -2.40. The number of hydrogen-bond acceptors (Lipinski definition) is 4. The zero-order valence-electron chi connectivity index (χ0n) is 11.6. The highest BCUT2D eigenvalue weighted by atomic mass is 16.6. The summed E-state index contributed by atoms with van der Waals surface area (Å²) in [4.78, 5) is 10.4. The summed E-state index contributed by atoms with van der Waals surface area (Å²) in [5, 5.41) is 17.5. The zero-order valence-corrected chi connectivity index (χ0v) is 11.6. The average molecular weight is 283 g/mol. The summed E-state index contributed by atoms with van der Waals surface area (Å²) in [5.74, 6) is 0. The van der Waals surface area contributed by atoms with Crippen molar-refractivity contribution in [3.05, 3.63) is 69.3 Å². The molecule has 0 saturated heterocycles. The largest absolute Gasteiger partial charge is 0.384 e. The van der Waals surface area contributed by atoms with E-state index >= 15 is 0 Å². The SMILES string of the molecule is O=[N+]([O-])c1cccc(CNCc2cccc3c2NCC3)c1. The fourth-order valence-corrected chi connectivity index (χ4v) is 2.68. The Kier molecular flexibility index (Phi) is 3.83. The van der Waals surface area contributed by atoms with Gasteiger partial charge in [-0.2, -0.15) is 0 Å². The molecule has 0 amide bonds. The normalized spacial score (nSPS) is 12.8. The van der Waals surface area contributed by atoms with Crippen LogP contribution in [0.2, 0.25) is 0 Å². The quantitative estimate of drug-likeness (QED) is 0.654. The van der Waals surface area contributed by atoms with E-state index in [1.165, 1.54) is 22.9 Å². The van der Waals surface area contributed by atoms with Gasteiger partial charge in [0.1, 0.15) is 0 Å². The number of rotatable bonds is 5. The number of benzene rings is 2. The molecule has 108 valence electrons. The number of nitrogens with zero attached hydrogens (tertiary/aromatic N) is 1. The lowest BCUT2D eigenvalue weighted by Gasteiger charge is -2.10. The van der Waals surface area contributed by atoms with E-state index in [0.29, 0.717) is 6.54 Å². The summed E-state index contributed by atoms with van der Waals surface area (Å²) < 4.78 is 0. The first-order chi connectivity index (χ1) is 10.2. The van der Waals surface area contributed by atoms with Crippen molar-refractivity contribution in [3.8, 4) is 0 Å². The standard InChI is InChI=1S/C16H17N3O2/c20-19(21)15-6-1-3-12(9-15)10-17-11-14-5-2-4-13-7-8-18-16(13)14/h1-6,9,17-18H,7-8,10-11H2. The Morgan fingerprint density at radius 3 is 2.90 bits per heavy atom. The lowest BCUT2D eigenvalue weighted by atomic mass is 10.1. The third-order valence-electron chi connectivity index (χ3n) is 3.70. The monoisotopic (exact) mass is 283 g/mol. The smallest absolute Gasteiger partial charge is 0.269 e. The van der Waals surface area contributed by atoms with Gasteiger partial charge in [0.15, 0.2) is 0 Å². The predicted molar refractivity (Wildman–Crippen MR) is 82.3 cm³/mol. The number of fused-ring (bicyclic) bond motifs is 1. The van der Waals surface area contributed by atoms with E-state index in [-0.39, 0.29) is 10.6 Å². The lowest BCUT2D eigenvalue weighted by molar-refractivity contribution is -0.384. The van der Waals surface area contributed by atoms with Gasteiger partial charge in [0.2, 0.25) is 0 Å². The number of nitro benzene ring substituents is 1. The first kappa shape index (κ1) is 13.6. The molecule has 0 saturated carbocycles. The summed E-state index contributed by atoms with van der Waals surface area (Å²) in [5.41, 5.74) is 4.91. The number of anilines is 1. The van der Waals surface area contributed by atoms with Gasteiger partial charge in [-0.1, -0.05) is 30.3 Å². The molecule has 0 radical (unpaired) electrons. The summed E-state index contributed by atoms with van der Waals surface area (Å²) >= 11 is 0. The van der Waals surface area contributed by atoms with Crippen LogP contribution in [0.5, 0.6) is 0 Å². The van der Waals surface area contributed by atoms with E-state index in [2.05, 4.69) is 28.8 Å². The zero-order chi connectivity index (χ0) is 14.7. The number of non-ortho nitro benzene ring substituents is 1. The van der Waals surface area contributed by atoms with Gasteiger partial charge in [-0.05, 0) is 23.1 Å². The maximum atomic E-state index is 10.8. The molecule has 0 atom stereocenters. The van der Waals surface area contributed by atoms with E-state index in [9.17, 15) is 10.1 Å². The van der Waals surface area contributed by atoms with Crippen molar-refractivity contribution in [1.82, 2.24) is 5.32 Å².